The Labute approximate surface area is 108 Å². The van der Waals surface area contributed by atoms with E-state index < -0.39 is 5.60 Å². The van der Waals surface area contributed by atoms with Crippen LogP contribution in [0.2, 0.25) is 0 Å². The Balaban J connectivity index is 2.17. The lowest BCUT2D eigenvalue weighted by Crippen LogP contribution is -2.50. The number of nitrogens with one attached hydrogen (secondary N) is 1. The summed E-state index contributed by atoms with van der Waals surface area (Å²) in [5.41, 5.74) is 0.479. The van der Waals surface area contributed by atoms with Gasteiger partial charge in [-0.05, 0) is 56.2 Å². The maximum atomic E-state index is 10.8. The molecule has 0 bridgehead atoms. The first-order valence-electron chi connectivity index (χ1n) is 6.56. The van der Waals surface area contributed by atoms with Crippen LogP contribution in [0.3, 0.4) is 0 Å². The maximum Gasteiger partial charge on any atom is 0.111 e. The van der Waals surface area contributed by atoms with Crippen molar-refractivity contribution in [3.8, 4) is 0 Å². The molecule has 2 N–H and O–H groups in total. The van der Waals surface area contributed by atoms with Gasteiger partial charge in [0.15, 0.2) is 0 Å². The fraction of sp³-hybridized carbons (Fsp3) is 0.714. The molecular weight excluding hydrogens is 230 g/mol. The summed E-state index contributed by atoms with van der Waals surface area (Å²) in [6, 6.07) is 2.28. The zero-order chi connectivity index (χ0) is 12.5. The number of aliphatic hydroxyl groups is 1. The Kier molecular flexibility index (Phi) is 3.91. The molecule has 3 atom stereocenters. The Morgan fingerprint density at radius 2 is 2.35 bits per heavy atom. The van der Waals surface area contributed by atoms with Crippen LogP contribution in [0.25, 0.3) is 0 Å². The van der Waals surface area contributed by atoms with E-state index in [1.54, 1.807) is 11.3 Å². The fourth-order valence-corrected chi connectivity index (χ4v) is 3.89. The van der Waals surface area contributed by atoms with Crippen molar-refractivity contribution in [2.45, 2.75) is 51.7 Å². The van der Waals surface area contributed by atoms with Crippen molar-refractivity contribution in [1.82, 2.24) is 5.32 Å². The minimum absolute atomic E-state index is 0.193. The van der Waals surface area contributed by atoms with E-state index >= 15 is 0 Å². The number of hydrogen-bond donors (Lipinski definition) is 2. The molecule has 96 valence electrons. The van der Waals surface area contributed by atoms with Gasteiger partial charge in [0.25, 0.3) is 0 Å². The summed E-state index contributed by atoms with van der Waals surface area (Å²) in [6.45, 7) is 7.32. The van der Waals surface area contributed by atoms with Crippen LogP contribution in [0, 0.1) is 12.8 Å². The summed E-state index contributed by atoms with van der Waals surface area (Å²) >= 11 is 1.67. The van der Waals surface area contributed by atoms with Crippen LogP contribution in [0.5, 0.6) is 0 Å². The molecule has 0 aliphatic carbocycles. The molecule has 0 radical (unpaired) electrons. The lowest BCUT2D eigenvalue weighted by molar-refractivity contribution is -0.000376. The monoisotopic (exact) mass is 253 g/mol. The highest BCUT2D eigenvalue weighted by molar-refractivity contribution is 7.10. The predicted octanol–water partition coefficient (Wildman–Crippen LogP) is 3.04. The minimum Gasteiger partial charge on any atom is -0.383 e. The molecule has 3 unspecified atom stereocenters. The average Bonchev–Trinajstić information content (AvgIpc) is 2.76. The zero-order valence-electron chi connectivity index (χ0n) is 11.0. The van der Waals surface area contributed by atoms with Gasteiger partial charge in [0.2, 0.25) is 0 Å². The standard InChI is InChI=1S/C14H23NOS/c1-4-11-5-7-15-12(9-11)14(3,16)13-10(2)6-8-17-13/h6,8,11-12,15-16H,4-5,7,9H2,1-3H3. The van der Waals surface area contributed by atoms with E-state index in [0.29, 0.717) is 0 Å². The van der Waals surface area contributed by atoms with Crippen molar-refractivity contribution in [1.29, 1.82) is 0 Å². The van der Waals surface area contributed by atoms with Gasteiger partial charge in [0.1, 0.15) is 5.60 Å². The van der Waals surface area contributed by atoms with E-state index in [0.717, 1.165) is 23.8 Å². The highest BCUT2D eigenvalue weighted by Gasteiger charge is 2.38. The average molecular weight is 253 g/mol. The zero-order valence-corrected chi connectivity index (χ0v) is 11.8. The molecule has 0 saturated carbocycles. The van der Waals surface area contributed by atoms with Crippen LogP contribution in [0.4, 0.5) is 0 Å². The topological polar surface area (TPSA) is 32.3 Å². The second-order valence-electron chi connectivity index (χ2n) is 5.39. The number of rotatable bonds is 3. The first-order valence-corrected chi connectivity index (χ1v) is 7.44. The first-order chi connectivity index (χ1) is 8.05. The molecule has 1 aromatic rings. The van der Waals surface area contributed by atoms with Gasteiger partial charge in [0.05, 0.1) is 0 Å². The normalized spacial score (nSPS) is 28.9. The fourth-order valence-electron chi connectivity index (χ4n) is 2.84. The third-order valence-corrected chi connectivity index (χ3v) is 5.33. The second kappa shape index (κ2) is 5.09. The molecule has 1 aromatic heterocycles. The maximum absolute atomic E-state index is 10.8. The molecule has 2 nitrogen and oxygen atoms in total. The van der Waals surface area contributed by atoms with Gasteiger partial charge < -0.3 is 10.4 Å². The highest BCUT2D eigenvalue weighted by Crippen LogP contribution is 2.36. The lowest BCUT2D eigenvalue weighted by atomic mass is 9.81. The second-order valence-corrected chi connectivity index (χ2v) is 6.30. The molecule has 2 heterocycles. The molecule has 0 amide bonds. The number of hydrogen-bond acceptors (Lipinski definition) is 3. The predicted molar refractivity (Wildman–Crippen MR) is 73.4 cm³/mol. The highest BCUT2D eigenvalue weighted by atomic mass is 32.1. The van der Waals surface area contributed by atoms with E-state index in [1.807, 2.05) is 6.92 Å². The van der Waals surface area contributed by atoms with E-state index in [-0.39, 0.29) is 6.04 Å². The Bertz CT molecular complexity index is 372. The molecule has 0 aromatic carbocycles. The van der Waals surface area contributed by atoms with Crippen molar-refractivity contribution >= 4 is 11.3 Å². The van der Waals surface area contributed by atoms with Crippen LogP contribution in [0.15, 0.2) is 11.4 Å². The number of piperidine rings is 1. The summed E-state index contributed by atoms with van der Waals surface area (Å²) in [6.07, 6.45) is 3.55. The third-order valence-electron chi connectivity index (χ3n) is 4.09. The lowest BCUT2D eigenvalue weighted by Gasteiger charge is -2.39. The van der Waals surface area contributed by atoms with Gasteiger partial charge in [-0.3, -0.25) is 0 Å². The molecular formula is C14H23NOS. The molecule has 3 heteroatoms. The molecule has 1 aliphatic rings. The first kappa shape index (κ1) is 13.1. The molecule has 0 spiro atoms. The van der Waals surface area contributed by atoms with Crippen molar-refractivity contribution in [2.24, 2.45) is 5.92 Å². The van der Waals surface area contributed by atoms with Gasteiger partial charge in [-0.15, -0.1) is 11.3 Å². The van der Waals surface area contributed by atoms with Crippen molar-refractivity contribution in [3.05, 3.63) is 21.9 Å². The summed E-state index contributed by atoms with van der Waals surface area (Å²) < 4.78 is 0. The molecule has 2 rings (SSSR count). The summed E-state index contributed by atoms with van der Waals surface area (Å²) in [5.74, 6) is 0.757. The van der Waals surface area contributed by atoms with Gasteiger partial charge >= 0.3 is 0 Å². The van der Waals surface area contributed by atoms with Gasteiger partial charge in [-0.1, -0.05) is 13.3 Å². The van der Waals surface area contributed by atoms with E-state index in [9.17, 15) is 5.11 Å². The molecule has 17 heavy (non-hydrogen) atoms. The third kappa shape index (κ3) is 2.56. The summed E-state index contributed by atoms with van der Waals surface area (Å²) in [5, 5.41) is 16.4. The van der Waals surface area contributed by atoms with Gasteiger partial charge in [-0.2, -0.15) is 0 Å². The molecule has 1 aliphatic heterocycles. The van der Waals surface area contributed by atoms with Crippen LogP contribution < -0.4 is 5.32 Å². The van der Waals surface area contributed by atoms with E-state index in [4.69, 9.17) is 0 Å². The van der Waals surface area contributed by atoms with Crippen LogP contribution in [-0.4, -0.2) is 17.7 Å². The summed E-state index contributed by atoms with van der Waals surface area (Å²) in [7, 11) is 0. The van der Waals surface area contributed by atoms with Gasteiger partial charge in [0, 0.05) is 10.9 Å². The quantitative estimate of drug-likeness (QED) is 0.868. The largest absolute Gasteiger partial charge is 0.383 e. The molecule has 1 fully saturated rings. The van der Waals surface area contributed by atoms with Crippen molar-refractivity contribution in [2.75, 3.05) is 6.54 Å². The molecule has 1 saturated heterocycles. The van der Waals surface area contributed by atoms with Gasteiger partial charge in [-0.25, -0.2) is 0 Å². The number of aryl methyl sites for hydroxylation is 1. The Hall–Kier alpha value is -0.380. The van der Waals surface area contributed by atoms with Crippen LogP contribution in [-0.2, 0) is 5.60 Å². The van der Waals surface area contributed by atoms with Crippen LogP contribution >= 0.6 is 11.3 Å². The number of thiophene rings is 1. The van der Waals surface area contributed by atoms with E-state index in [2.05, 4.69) is 30.6 Å². The van der Waals surface area contributed by atoms with Crippen molar-refractivity contribution in [3.63, 3.8) is 0 Å². The SMILES string of the molecule is CCC1CCNC(C(C)(O)c2sccc2C)C1. The minimum atomic E-state index is -0.730. The van der Waals surface area contributed by atoms with Crippen molar-refractivity contribution < 1.29 is 5.11 Å². The smallest absolute Gasteiger partial charge is 0.111 e. The summed E-state index contributed by atoms with van der Waals surface area (Å²) in [4.78, 5) is 1.12. The Morgan fingerprint density at radius 3 is 2.94 bits per heavy atom. The Morgan fingerprint density at radius 1 is 1.59 bits per heavy atom. The van der Waals surface area contributed by atoms with Crippen LogP contribution in [0.1, 0.15) is 43.6 Å². The van der Waals surface area contributed by atoms with E-state index in [1.165, 1.54) is 18.4 Å².